The van der Waals surface area contributed by atoms with E-state index in [1.54, 1.807) is 12.1 Å². The molecular formula is C23H14F6O2S2. The van der Waals surface area contributed by atoms with Gasteiger partial charge in [0.15, 0.2) is 0 Å². The second kappa shape index (κ2) is 6.50. The molecular weight excluding hydrogens is 486 g/mol. The van der Waals surface area contributed by atoms with Crippen LogP contribution in [-0.4, -0.2) is 26.2 Å². The molecule has 10 heteroatoms. The van der Waals surface area contributed by atoms with Gasteiger partial charge in [-0.3, -0.25) is 0 Å². The maximum atomic E-state index is 15.3. The smallest absolute Gasteiger partial charge is 0.219 e. The van der Waals surface area contributed by atoms with Crippen LogP contribution in [0.1, 0.15) is 22.9 Å². The Bertz CT molecular complexity index is 1530. The first kappa shape index (κ1) is 22.2. The second-order valence-electron chi connectivity index (χ2n) is 7.93. The van der Waals surface area contributed by atoms with Gasteiger partial charge in [-0.05, 0) is 26.0 Å². The van der Waals surface area contributed by atoms with Crippen molar-refractivity contribution in [2.24, 2.45) is 0 Å². The molecule has 0 saturated carbocycles. The number of thiophene rings is 1. The molecule has 5 rings (SSSR count). The Morgan fingerprint density at radius 2 is 1.36 bits per heavy atom. The van der Waals surface area contributed by atoms with Gasteiger partial charge in [-0.25, -0.2) is 8.42 Å². The van der Waals surface area contributed by atoms with E-state index in [-0.39, 0.29) is 20.7 Å². The van der Waals surface area contributed by atoms with E-state index >= 15 is 17.6 Å². The molecule has 1 aromatic heterocycles. The molecule has 2 aromatic carbocycles. The first-order valence-corrected chi connectivity index (χ1v) is 12.0. The topological polar surface area (TPSA) is 34.1 Å². The number of allylic oxidation sites excluding steroid dienone is 4. The van der Waals surface area contributed by atoms with Gasteiger partial charge in [-0.2, -0.15) is 26.3 Å². The van der Waals surface area contributed by atoms with Crippen LogP contribution in [0.5, 0.6) is 0 Å². The fourth-order valence-electron chi connectivity index (χ4n) is 4.57. The van der Waals surface area contributed by atoms with Crippen molar-refractivity contribution < 1.29 is 34.8 Å². The summed E-state index contributed by atoms with van der Waals surface area (Å²) in [6.07, 6.45) is 0. The molecule has 0 spiro atoms. The molecule has 3 aromatic rings. The summed E-state index contributed by atoms with van der Waals surface area (Å²) in [5.74, 6) is -16.4. The first-order chi connectivity index (χ1) is 15.3. The number of sulfone groups is 1. The summed E-state index contributed by atoms with van der Waals surface area (Å²) in [6, 6.07) is 11.0. The van der Waals surface area contributed by atoms with E-state index in [4.69, 9.17) is 0 Å². The lowest BCUT2D eigenvalue weighted by Crippen LogP contribution is -2.49. The Hall–Kier alpha value is -2.59. The fraction of sp³-hybridized carbons (Fsp3) is 0.217. The standard InChI is InChI=1S/C23H14F6O2S2/c1-11-17(13-7-3-5-9-15(13)32-11)19-20(22(26,27)23(28,29)21(19,24)25)18-12(2)33(30,31)16-10-6-4-8-14(16)18/h3-10H,1-2H3. The molecule has 1 aliphatic carbocycles. The van der Waals surface area contributed by atoms with E-state index < -0.39 is 54.8 Å². The molecule has 2 nitrogen and oxygen atoms in total. The fourth-order valence-corrected chi connectivity index (χ4v) is 7.17. The van der Waals surface area contributed by atoms with Crippen molar-refractivity contribution in [3.05, 3.63) is 75.0 Å². The minimum absolute atomic E-state index is 0.119. The van der Waals surface area contributed by atoms with Crippen LogP contribution >= 0.6 is 11.3 Å². The molecule has 33 heavy (non-hydrogen) atoms. The number of alkyl halides is 6. The average molecular weight is 500 g/mol. The number of aryl methyl sites for hydroxylation is 1. The summed E-state index contributed by atoms with van der Waals surface area (Å²) >= 11 is 1.01. The van der Waals surface area contributed by atoms with E-state index in [0.717, 1.165) is 30.4 Å². The molecule has 1 aliphatic heterocycles. The molecule has 0 radical (unpaired) electrons. The Morgan fingerprint density at radius 1 is 0.788 bits per heavy atom. The second-order valence-corrected chi connectivity index (χ2v) is 11.2. The molecule has 0 fully saturated rings. The number of fused-ring (bicyclic) bond motifs is 2. The van der Waals surface area contributed by atoms with Gasteiger partial charge in [0.05, 0.1) is 9.80 Å². The van der Waals surface area contributed by atoms with Crippen LogP contribution in [0.3, 0.4) is 0 Å². The van der Waals surface area contributed by atoms with Gasteiger partial charge in [-0.1, -0.05) is 36.4 Å². The Morgan fingerprint density at radius 3 is 2.06 bits per heavy atom. The van der Waals surface area contributed by atoms with E-state index in [1.807, 2.05) is 0 Å². The zero-order valence-corrected chi connectivity index (χ0v) is 18.7. The van der Waals surface area contributed by atoms with Crippen molar-refractivity contribution in [1.29, 1.82) is 0 Å². The van der Waals surface area contributed by atoms with Crippen molar-refractivity contribution in [2.75, 3.05) is 0 Å². The van der Waals surface area contributed by atoms with Crippen LogP contribution in [0, 0.1) is 6.92 Å². The third-order valence-electron chi connectivity index (χ3n) is 6.14. The normalized spacial score (nSPS) is 22.3. The van der Waals surface area contributed by atoms with Crippen molar-refractivity contribution in [2.45, 2.75) is 36.5 Å². The number of hydrogen-bond acceptors (Lipinski definition) is 3. The van der Waals surface area contributed by atoms with E-state index in [9.17, 15) is 17.2 Å². The van der Waals surface area contributed by atoms with Crippen molar-refractivity contribution >= 4 is 42.4 Å². The predicted molar refractivity (Wildman–Crippen MR) is 115 cm³/mol. The number of benzene rings is 2. The molecule has 0 saturated heterocycles. The summed E-state index contributed by atoms with van der Waals surface area (Å²) in [6.45, 7) is 2.36. The zero-order valence-electron chi connectivity index (χ0n) is 17.0. The molecule has 0 amide bonds. The molecule has 0 unspecified atom stereocenters. The highest BCUT2D eigenvalue weighted by Gasteiger charge is 2.81. The molecule has 172 valence electrons. The SMILES string of the molecule is CC1=C(C2=C(c3c(C)sc4ccccc34)C(F)(F)C(F)(F)C2(F)F)c2ccccc2S1(=O)=O. The van der Waals surface area contributed by atoms with Gasteiger partial charge in [0.1, 0.15) is 0 Å². The van der Waals surface area contributed by atoms with Crippen LogP contribution in [0.2, 0.25) is 0 Å². The van der Waals surface area contributed by atoms with Crippen LogP contribution in [0.4, 0.5) is 26.3 Å². The minimum atomic E-state index is -5.77. The monoisotopic (exact) mass is 500 g/mol. The van der Waals surface area contributed by atoms with E-state index in [0.29, 0.717) is 4.70 Å². The van der Waals surface area contributed by atoms with Crippen LogP contribution in [-0.2, 0) is 9.84 Å². The van der Waals surface area contributed by atoms with Crippen LogP contribution in [0.25, 0.3) is 21.2 Å². The van der Waals surface area contributed by atoms with Crippen LogP contribution < -0.4 is 0 Å². The highest BCUT2D eigenvalue weighted by molar-refractivity contribution is 7.95. The summed E-state index contributed by atoms with van der Waals surface area (Å²) in [4.78, 5) is -0.906. The molecule has 0 bridgehead atoms. The highest BCUT2D eigenvalue weighted by Crippen LogP contribution is 2.67. The van der Waals surface area contributed by atoms with E-state index in [1.165, 1.54) is 31.2 Å². The number of halogens is 6. The van der Waals surface area contributed by atoms with Gasteiger partial charge in [0, 0.05) is 42.8 Å². The summed E-state index contributed by atoms with van der Waals surface area (Å²) in [5, 5.41) is 0.119. The molecule has 2 heterocycles. The summed E-state index contributed by atoms with van der Waals surface area (Å²) in [7, 11) is -4.32. The van der Waals surface area contributed by atoms with Gasteiger partial charge in [0.25, 0.3) is 0 Å². The predicted octanol–water partition coefficient (Wildman–Crippen LogP) is 7.10. The molecule has 2 aliphatic rings. The largest absolute Gasteiger partial charge is 0.380 e. The quantitative estimate of drug-likeness (QED) is 0.352. The number of hydrogen-bond donors (Lipinski definition) is 0. The third-order valence-corrected chi connectivity index (χ3v) is 9.17. The first-order valence-electron chi connectivity index (χ1n) is 9.69. The van der Waals surface area contributed by atoms with Crippen molar-refractivity contribution in [3.8, 4) is 0 Å². The molecule has 0 atom stereocenters. The van der Waals surface area contributed by atoms with Gasteiger partial charge >= 0.3 is 17.8 Å². The third kappa shape index (κ3) is 2.53. The lowest BCUT2D eigenvalue weighted by Gasteiger charge is -2.26. The van der Waals surface area contributed by atoms with Gasteiger partial charge in [-0.15, -0.1) is 11.3 Å². The van der Waals surface area contributed by atoms with Gasteiger partial charge < -0.3 is 0 Å². The average Bonchev–Trinajstić information content (AvgIpc) is 3.20. The van der Waals surface area contributed by atoms with Crippen molar-refractivity contribution in [3.63, 3.8) is 0 Å². The Balaban J connectivity index is 2.01. The maximum absolute atomic E-state index is 15.3. The number of rotatable bonds is 2. The lowest BCUT2D eigenvalue weighted by atomic mass is 9.89. The minimum Gasteiger partial charge on any atom is -0.219 e. The zero-order chi connectivity index (χ0) is 24.1. The summed E-state index contributed by atoms with van der Waals surface area (Å²) in [5.41, 5.74) is -4.69. The maximum Gasteiger partial charge on any atom is 0.380 e. The van der Waals surface area contributed by atoms with Crippen molar-refractivity contribution in [1.82, 2.24) is 0 Å². The van der Waals surface area contributed by atoms with Gasteiger partial charge in [0.2, 0.25) is 9.84 Å². The van der Waals surface area contributed by atoms with Crippen LogP contribution in [0.15, 0.2) is 63.9 Å². The highest BCUT2D eigenvalue weighted by atomic mass is 32.2. The molecule has 0 N–H and O–H groups in total. The lowest BCUT2D eigenvalue weighted by molar-refractivity contribution is -0.258. The Kier molecular flexibility index (Phi) is 4.38. The van der Waals surface area contributed by atoms with E-state index in [2.05, 4.69) is 0 Å². The Labute approximate surface area is 188 Å². The summed E-state index contributed by atoms with van der Waals surface area (Å²) < 4.78 is 117.